The van der Waals surface area contributed by atoms with E-state index in [0.717, 1.165) is 76.6 Å². The molecule has 1 spiro atoms. The van der Waals surface area contributed by atoms with Crippen LogP contribution >= 0.6 is 0 Å². The van der Waals surface area contributed by atoms with Gasteiger partial charge >= 0.3 is 0 Å². The van der Waals surface area contributed by atoms with E-state index in [1.54, 1.807) is 0 Å². The van der Waals surface area contributed by atoms with Crippen molar-refractivity contribution in [1.82, 2.24) is 19.6 Å². The number of fused-ring (bicyclic) bond motifs is 2. The number of piperidine rings is 1. The van der Waals surface area contributed by atoms with Gasteiger partial charge in [-0.25, -0.2) is 0 Å². The van der Waals surface area contributed by atoms with Crippen LogP contribution in [0, 0.1) is 0 Å². The number of carbonyl (C=O) groups is 2. The van der Waals surface area contributed by atoms with Crippen molar-refractivity contribution in [2.75, 3.05) is 45.8 Å². The third-order valence-electron chi connectivity index (χ3n) is 9.08. The average molecular weight is 437 g/mol. The number of likely N-dealkylation sites (tertiary alicyclic amines) is 1. The van der Waals surface area contributed by atoms with E-state index >= 15 is 0 Å². The van der Waals surface area contributed by atoms with Crippen molar-refractivity contribution in [3.8, 4) is 0 Å². The van der Waals surface area contributed by atoms with E-state index in [9.17, 15) is 9.59 Å². The van der Waals surface area contributed by atoms with Gasteiger partial charge in [0.2, 0.25) is 5.91 Å². The smallest absolute Gasteiger partial charge is 0.255 e. The quantitative estimate of drug-likeness (QED) is 0.728. The number of nitrogens with zero attached hydrogens (tertiary/aromatic N) is 4. The molecule has 0 radical (unpaired) electrons. The Labute approximate surface area is 191 Å². The summed E-state index contributed by atoms with van der Waals surface area (Å²) in [6.07, 6.45) is 9.43. The van der Waals surface area contributed by atoms with E-state index < -0.39 is 0 Å². The molecule has 1 aromatic carbocycles. The molecule has 0 N–H and O–H groups in total. The maximum absolute atomic E-state index is 13.3. The van der Waals surface area contributed by atoms with Gasteiger partial charge in [-0.3, -0.25) is 19.4 Å². The monoisotopic (exact) mass is 436 g/mol. The lowest BCUT2D eigenvalue weighted by molar-refractivity contribution is -0.135. The van der Waals surface area contributed by atoms with Crippen LogP contribution in [0.2, 0.25) is 0 Å². The van der Waals surface area contributed by atoms with Crippen molar-refractivity contribution in [3.63, 3.8) is 0 Å². The lowest BCUT2D eigenvalue weighted by Gasteiger charge is -2.50. The van der Waals surface area contributed by atoms with Gasteiger partial charge in [0.15, 0.2) is 0 Å². The first-order valence-electron chi connectivity index (χ1n) is 12.8. The largest absolute Gasteiger partial charge is 0.339 e. The molecule has 4 fully saturated rings. The third kappa shape index (κ3) is 3.29. The molecule has 2 amide bonds. The Morgan fingerprint density at radius 2 is 1.53 bits per heavy atom. The molecule has 1 aromatic rings. The van der Waals surface area contributed by atoms with Crippen molar-refractivity contribution in [2.45, 2.75) is 69.0 Å². The highest BCUT2D eigenvalue weighted by molar-refractivity contribution is 6.00. The molecule has 3 heterocycles. The summed E-state index contributed by atoms with van der Waals surface area (Å²) in [5.74, 6) is 0.520. The number of amides is 2. The molecule has 0 unspecified atom stereocenters. The van der Waals surface area contributed by atoms with Crippen molar-refractivity contribution in [3.05, 3.63) is 35.4 Å². The zero-order valence-corrected chi connectivity index (χ0v) is 19.2. The standard InChI is InChI=1S/C26H36N4O2/c31-24(29-17-15-28(16-18-29)20-5-3-6-20)19-27-13-11-26(12-14-27)23-10-2-1-9-22(23)25(32)30(26)21-7-4-8-21/h1-2,9-10,20-21H,3-8,11-19H2. The van der Waals surface area contributed by atoms with Crippen molar-refractivity contribution in [1.29, 1.82) is 0 Å². The number of carbonyl (C=O) groups excluding carboxylic acids is 2. The van der Waals surface area contributed by atoms with Gasteiger partial charge in [-0.2, -0.15) is 0 Å². The molecule has 6 nitrogen and oxygen atoms in total. The number of piperazine rings is 1. The summed E-state index contributed by atoms with van der Waals surface area (Å²) in [4.78, 5) is 35.6. The Morgan fingerprint density at radius 1 is 0.875 bits per heavy atom. The van der Waals surface area contributed by atoms with Gasteiger partial charge in [0, 0.05) is 56.9 Å². The average Bonchev–Trinajstić information content (AvgIpc) is 2.97. The van der Waals surface area contributed by atoms with Gasteiger partial charge in [0.25, 0.3) is 5.91 Å². The van der Waals surface area contributed by atoms with E-state index in [-0.39, 0.29) is 17.4 Å². The van der Waals surface area contributed by atoms with Crippen LogP contribution in [-0.2, 0) is 10.3 Å². The molecule has 0 bridgehead atoms. The SMILES string of the molecule is O=C(CN1CCC2(CC1)c1ccccc1C(=O)N2C1CCC1)N1CCN(C2CCC2)CC1. The first kappa shape index (κ1) is 20.7. The Bertz CT molecular complexity index is 878. The minimum absolute atomic E-state index is 0.160. The first-order valence-corrected chi connectivity index (χ1v) is 12.8. The third-order valence-corrected chi connectivity index (χ3v) is 9.08. The van der Waals surface area contributed by atoms with Gasteiger partial charge < -0.3 is 9.80 Å². The molecule has 2 saturated heterocycles. The van der Waals surface area contributed by atoms with Crippen LogP contribution in [0.3, 0.4) is 0 Å². The van der Waals surface area contributed by atoms with Gasteiger partial charge in [-0.1, -0.05) is 24.6 Å². The Hall–Kier alpha value is -1.92. The summed E-state index contributed by atoms with van der Waals surface area (Å²) in [7, 11) is 0. The molecule has 0 aromatic heterocycles. The molecule has 2 saturated carbocycles. The van der Waals surface area contributed by atoms with Crippen LogP contribution in [-0.4, -0.2) is 89.3 Å². The zero-order valence-electron chi connectivity index (χ0n) is 19.2. The highest BCUT2D eigenvalue weighted by atomic mass is 16.2. The van der Waals surface area contributed by atoms with Crippen LogP contribution in [0.25, 0.3) is 0 Å². The second-order valence-electron chi connectivity index (χ2n) is 10.6. The van der Waals surface area contributed by atoms with E-state index in [4.69, 9.17) is 0 Å². The molecule has 5 aliphatic rings. The van der Waals surface area contributed by atoms with Crippen molar-refractivity contribution >= 4 is 11.8 Å². The second-order valence-corrected chi connectivity index (χ2v) is 10.6. The fraction of sp³-hybridized carbons (Fsp3) is 0.692. The van der Waals surface area contributed by atoms with E-state index in [0.29, 0.717) is 12.6 Å². The molecule has 0 atom stereocenters. The molecule has 6 rings (SSSR count). The van der Waals surface area contributed by atoms with Crippen molar-refractivity contribution < 1.29 is 9.59 Å². The topological polar surface area (TPSA) is 47.1 Å². The molecule has 6 heteroatoms. The predicted molar refractivity (Wildman–Crippen MR) is 123 cm³/mol. The molecular formula is C26H36N4O2. The molecule has 3 aliphatic heterocycles. The number of hydrogen-bond donors (Lipinski definition) is 0. The van der Waals surface area contributed by atoms with Gasteiger partial charge in [-0.05, 0) is 56.6 Å². The maximum atomic E-state index is 13.3. The van der Waals surface area contributed by atoms with Crippen LogP contribution in [0.5, 0.6) is 0 Å². The summed E-state index contributed by atoms with van der Waals surface area (Å²) < 4.78 is 0. The summed E-state index contributed by atoms with van der Waals surface area (Å²) in [6, 6.07) is 9.44. The van der Waals surface area contributed by atoms with E-state index in [1.807, 2.05) is 12.1 Å². The van der Waals surface area contributed by atoms with E-state index in [1.165, 1.54) is 31.2 Å². The van der Waals surface area contributed by atoms with Crippen LogP contribution in [0.4, 0.5) is 0 Å². The highest BCUT2D eigenvalue weighted by Gasteiger charge is 2.53. The summed E-state index contributed by atoms with van der Waals surface area (Å²) in [6.45, 7) is 6.13. The number of rotatable bonds is 4. The molecular weight excluding hydrogens is 400 g/mol. The lowest BCUT2D eigenvalue weighted by Crippen LogP contribution is -2.58. The van der Waals surface area contributed by atoms with Gasteiger partial charge in [-0.15, -0.1) is 0 Å². The Morgan fingerprint density at radius 3 is 2.16 bits per heavy atom. The molecule has 32 heavy (non-hydrogen) atoms. The normalized spacial score (nSPS) is 26.8. The van der Waals surface area contributed by atoms with Crippen LogP contribution in [0.15, 0.2) is 24.3 Å². The van der Waals surface area contributed by atoms with Crippen molar-refractivity contribution in [2.24, 2.45) is 0 Å². The maximum Gasteiger partial charge on any atom is 0.255 e. The minimum Gasteiger partial charge on any atom is -0.339 e. The zero-order chi connectivity index (χ0) is 21.7. The molecule has 172 valence electrons. The number of hydrogen-bond acceptors (Lipinski definition) is 4. The molecule has 2 aliphatic carbocycles. The summed E-state index contributed by atoms with van der Waals surface area (Å²) in [5, 5.41) is 0. The van der Waals surface area contributed by atoms with Crippen LogP contribution in [0.1, 0.15) is 67.3 Å². The van der Waals surface area contributed by atoms with E-state index in [2.05, 4.69) is 31.7 Å². The Kier molecular flexibility index (Phi) is 5.26. The second kappa shape index (κ2) is 8.14. The summed E-state index contributed by atoms with van der Waals surface area (Å²) in [5.41, 5.74) is 1.98. The van der Waals surface area contributed by atoms with Crippen LogP contribution < -0.4 is 0 Å². The first-order chi connectivity index (χ1) is 15.7. The highest BCUT2D eigenvalue weighted by Crippen LogP contribution is 2.49. The lowest BCUT2D eigenvalue weighted by atomic mass is 9.78. The van der Waals surface area contributed by atoms with Gasteiger partial charge in [0.1, 0.15) is 0 Å². The Balaban J connectivity index is 1.09. The predicted octanol–water partition coefficient (Wildman–Crippen LogP) is 2.68. The van der Waals surface area contributed by atoms with Gasteiger partial charge in [0.05, 0.1) is 12.1 Å². The minimum atomic E-state index is -0.160. The fourth-order valence-electron chi connectivity index (χ4n) is 6.66. The summed E-state index contributed by atoms with van der Waals surface area (Å²) >= 11 is 0. The fourth-order valence-corrected chi connectivity index (χ4v) is 6.66. The number of benzene rings is 1.